The number of hydrogen-bond donors (Lipinski definition) is 4. The third-order valence-corrected chi connectivity index (χ3v) is 2.83. The summed E-state index contributed by atoms with van der Waals surface area (Å²) < 4.78 is 41.1. The first-order chi connectivity index (χ1) is 11.2. The van der Waals surface area contributed by atoms with Gasteiger partial charge in [0.1, 0.15) is 0 Å². The van der Waals surface area contributed by atoms with Crippen molar-refractivity contribution >= 4 is 29.0 Å². The van der Waals surface area contributed by atoms with Gasteiger partial charge in [0.25, 0.3) is 0 Å². The second-order valence-corrected chi connectivity index (χ2v) is 4.98. The average molecular weight is 362 g/mol. The minimum Gasteiger partial charge on any atom is -0.466 e. The lowest BCUT2D eigenvalue weighted by Crippen LogP contribution is -2.35. The summed E-state index contributed by atoms with van der Waals surface area (Å²) in [4.78, 5) is 10.8. The maximum Gasteiger partial charge on any atom is 0.416 e. The van der Waals surface area contributed by atoms with E-state index in [9.17, 15) is 18.0 Å². The Balaban J connectivity index is 0.000000254. The van der Waals surface area contributed by atoms with E-state index in [0.29, 0.717) is 18.8 Å². The minimum atomic E-state index is -4.35. The summed E-state index contributed by atoms with van der Waals surface area (Å²) in [6, 6.07) is 4.65. The van der Waals surface area contributed by atoms with Gasteiger partial charge in [0.2, 0.25) is 0 Å². The van der Waals surface area contributed by atoms with Crippen LogP contribution in [0.5, 0.6) is 0 Å². The maximum atomic E-state index is 12.2. The molecule has 0 bridgehead atoms. The quantitative estimate of drug-likeness (QED) is 0.469. The van der Waals surface area contributed by atoms with Crippen molar-refractivity contribution in [3.8, 4) is 0 Å². The van der Waals surface area contributed by atoms with Gasteiger partial charge in [-0.2, -0.15) is 13.2 Å². The van der Waals surface area contributed by atoms with E-state index in [-0.39, 0.29) is 16.8 Å². The molecule has 0 fully saturated rings. The number of rotatable bonds is 2. The van der Waals surface area contributed by atoms with Crippen LogP contribution in [0, 0.1) is 0 Å². The van der Waals surface area contributed by atoms with Crippen LogP contribution < -0.4 is 21.7 Å². The van der Waals surface area contributed by atoms with Crippen molar-refractivity contribution in [2.75, 3.05) is 25.6 Å². The molecule has 24 heavy (non-hydrogen) atoms. The number of thiocarbonyl (C=S) groups is 1. The van der Waals surface area contributed by atoms with E-state index in [1.807, 2.05) is 0 Å². The van der Waals surface area contributed by atoms with Crippen molar-refractivity contribution in [1.29, 1.82) is 0 Å². The molecular weight excluding hydrogens is 345 g/mol. The van der Waals surface area contributed by atoms with Crippen LogP contribution in [0.25, 0.3) is 0 Å². The maximum absolute atomic E-state index is 12.2. The number of alkyl halides is 3. The monoisotopic (exact) mass is 362 g/mol. The number of ether oxygens (including phenoxy) is 1. The van der Waals surface area contributed by atoms with Crippen molar-refractivity contribution in [2.45, 2.75) is 6.18 Å². The third kappa shape index (κ3) is 6.84. The number of benzene rings is 1. The molecule has 1 aliphatic rings. The van der Waals surface area contributed by atoms with Crippen LogP contribution in [0.15, 0.2) is 36.0 Å². The largest absolute Gasteiger partial charge is 0.466 e. The van der Waals surface area contributed by atoms with E-state index in [1.54, 1.807) is 6.20 Å². The van der Waals surface area contributed by atoms with Crippen LogP contribution in [-0.4, -0.2) is 31.4 Å². The molecule has 6 nitrogen and oxygen atoms in total. The third-order valence-electron chi connectivity index (χ3n) is 2.72. The zero-order chi connectivity index (χ0) is 18.2. The number of methoxy groups -OCH3 is 1. The predicted octanol–water partition coefficient (Wildman–Crippen LogP) is 1.55. The van der Waals surface area contributed by atoms with Crippen LogP contribution in [0.2, 0.25) is 0 Å². The summed E-state index contributed by atoms with van der Waals surface area (Å²) in [7, 11) is 1.37. The summed E-state index contributed by atoms with van der Waals surface area (Å²) in [5.74, 6) is -0.278. The van der Waals surface area contributed by atoms with Crippen LogP contribution in [-0.2, 0) is 15.7 Å². The molecule has 132 valence electrons. The summed E-state index contributed by atoms with van der Waals surface area (Å²) in [6.45, 7) is 1.29. The molecule has 2 rings (SSSR count). The molecule has 0 aliphatic carbocycles. The second-order valence-electron chi connectivity index (χ2n) is 4.54. The number of esters is 1. The first-order valence-electron chi connectivity index (χ1n) is 6.69. The molecule has 0 atom stereocenters. The second kappa shape index (κ2) is 9.08. The Kier molecular flexibility index (Phi) is 7.46. The summed E-state index contributed by atoms with van der Waals surface area (Å²) in [6.07, 6.45) is -2.68. The summed E-state index contributed by atoms with van der Waals surface area (Å²) >= 11 is 4.50. The Morgan fingerprint density at radius 3 is 2.62 bits per heavy atom. The molecule has 0 radical (unpaired) electrons. The van der Waals surface area contributed by atoms with E-state index < -0.39 is 11.7 Å². The van der Waals surface area contributed by atoms with Crippen LogP contribution in [0.4, 0.5) is 18.9 Å². The van der Waals surface area contributed by atoms with Gasteiger partial charge >= 0.3 is 12.1 Å². The Hall–Kier alpha value is -2.33. The minimum absolute atomic E-state index is 0.0654. The van der Waals surface area contributed by atoms with Crippen molar-refractivity contribution in [2.24, 2.45) is 5.73 Å². The van der Waals surface area contributed by atoms with Gasteiger partial charge in [-0.3, -0.25) is 5.32 Å². The normalized spacial score (nSPS) is 13.6. The van der Waals surface area contributed by atoms with Gasteiger partial charge in [0.15, 0.2) is 5.11 Å². The van der Waals surface area contributed by atoms with Crippen molar-refractivity contribution in [3.63, 3.8) is 0 Å². The van der Waals surface area contributed by atoms with E-state index in [4.69, 9.17) is 5.73 Å². The summed E-state index contributed by atoms with van der Waals surface area (Å²) in [5, 5.41) is 8.21. The van der Waals surface area contributed by atoms with Gasteiger partial charge in [-0.25, -0.2) is 4.79 Å². The zero-order valence-electron chi connectivity index (χ0n) is 12.7. The molecule has 0 unspecified atom stereocenters. The highest BCUT2D eigenvalue weighted by molar-refractivity contribution is 7.80. The number of halogens is 3. The Bertz CT molecular complexity index is 620. The van der Waals surface area contributed by atoms with E-state index in [1.165, 1.54) is 19.2 Å². The van der Waals surface area contributed by atoms with Gasteiger partial charge in [-0.1, -0.05) is 6.07 Å². The molecule has 1 heterocycles. The number of nitrogens with one attached hydrogen (secondary N) is 3. The highest BCUT2D eigenvalue weighted by Crippen LogP contribution is 2.30. The fourth-order valence-electron chi connectivity index (χ4n) is 1.67. The number of carbonyl (C=O) groups excluding carboxylic acids is 1. The highest BCUT2D eigenvalue weighted by Gasteiger charge is 2.30. The van der Waals surface area contributed by atoms with Crippen LogP contribution in [0.3, 0.4) is 0 Å². The smallest absolute Gasteiger partial charge is 0.416 e. The molecular formula is C14H17F3N4O2S. The van der Waals surface area contributed by atoms with E-state index >= 15 is 0 Å². The molecule has 1 aromatic carbocycles. The first-order valence-corrected chi connectivity index (χ1v) is 7.10. The molecule has 5 N–H and O–H groups in total. The SMILES string of the molecule is COC(=O)C1=CNCNC1.NC(=S)Nc1cccc(C(F)(F)F)c1. The lowest BCUT2D eigenvalue weighted by Gasteiger charge is -2.13. The number of carbonyl (C=O) groups is 1. The fraction of sp³-hybridized carbons (Fsp3) is 0.286. The predicted molar refractivity (Wildman–Crippen MR) is 88.0 cm³/mol. The molecule has 0 saturated heterocycles. The van der Waals surface area contributed by atoms with Gasteiger partial charge in [0, 0.05) is 18.4 Å². The lowest BCUT2D eigenvalue weighted by molar-refractivity contribution is -0.138. The number of hydrogen-bond acceptors (Lipinski definition) is 5. The molecule has 0 saturated carbocycles. The molecule has 0 amide bonds. The van der Waals surface area contributed by atoms with Crippen molar-refractivity contribution in [3.05, 3.63) is 41.6 Å². The van der Waals surface area contributed by atoms with Gasteiger partial charge in [0.05, 0.1) is 24.9 Å². The zero-order valence-corrected chi connectivity index (χ0v) is 13.6. The van der Waals surface area contributed by atoms with Crippen molar-refractivity contribution in [1.82, 2.24) is 10.6 Å². The van der Waals surface area contributed by atoms with Crippen LogP contribution >= 0.6 is 12.2 Å². The average Bonchev–Trinajstić information content (AvgIpc) is 2.54. The standard InChI is InChI=1S/C8H7F3N2S.C6H10N2O2/c9-8(10,11)5-2-1-3-6(4-5)13-7(12)14;1-10-6(9)5-2-7-4-8-3-5/h1-4H,(H3,12,13,14);2,7-8H,3-4H2,1H3. The van der Waals surface area contributed by atoms with E-state index in [0.717, 1.165) is 12.1 Å². The molecule has 0 aromatic heterocycles. The lowest BCUT2D eigenvalue weighted by atomic mass is 10.2. The van der Waals surface area contributed by atoms with Crippen LogP contribution in [0.1, 0.15) is 5.56 Å². The number of anilines is 1. The Morgan fingerprint density at radius 1 is 1.42 bits per heavy atom. The Labute approximate surface area is 142 Å². The molecule has 1 aliphatic heterocycles. The fourth-order valence-corrected chi connectivity index (χ4v) is 1.79. The molecule has 10 heteroatoms. The first kappa shape index (κ1) is 19.7. The van der Waals surface area contributed by atoms with Gasteiger partial charge in [-0.05, 0) is 30.4 Å². The Morgan fingerprint density at radius 2 is 2.12 bits per heavy atom. The van der Waals surface area contributed by atoms with Gasteiger partial charge < -0.3 is 21.1 Å². The molecule has 0 spiro atoms. The number of nitrogens with two attached hydrogens (primary N) is 1. The molecule has 1 aromatic rings. The summed E-state index contributed by atoms with van der Waals surface area (Å²) in [5.41, 5.74) is 5.25. The highest BCUT2D eigenvalue weighted by atomic mass is 32.1. The topological polar surface area (TPSA) is 88.4 Å². The van der Waals surface area contributed by atoms with Crippen molar-refractivity contribution < 1.29 is 22.7 Å². The van der Waals surface area contributed by atoms with Gasteiger partial charge in [-0.15, -0.1) is 0 Å². The van der Waals surface area contributed by atoms with E-state index in [2.05, 4.69) is 32.9 Å².